The van der Waals surface area contributed by atoms with E-state index in [4.69, 9.17) is 5.11 Å². The lowest BCUT2D eigenvalue weighted by atomic mass is 10.1. The van der Waals surface area contributed by atoms with Crippen molar-refractivity contribution in [2.75, 3.05) is 29.9 Å². The smallest absolute Gasteiger partial charge is 0.335 e. The van der Waals surface area contributed by atoms with E-state index in [0.717, 1.165) is 12.2 Å². The molecule has 90 valence electrons. The molecular weight excluding hydrogens is 220 g/mol. The van der Waals surface area contributed by atoms with Crippen LogP contribution >= 0.6 is 0 Å². The van der Waals surface area contributed by atoms with Crippen LogP contribution in [0.15, 0.2) is 18.2 Å². The molecule has 1 aliphatic rings. The number of carboxylic acid groups (broad SMARTS) is 1. The number of fused-ring (bicyclic) bond motifs is 1. The number of carbonyl (C=O) groups is 2. The molecule has 0 atom stereocenters. The minimum Gasteiger partial charge on any atom is -0.478 e. The fourth-order valence-corrected chi connectivity index (χ4v) is 2.01. The number of likely N-dealkylation sites (N-methyl/N-ethyl adjacent to an activating group) is 1. The molecule has 2 rings (SSSR count). The molecular formula is C12H14N2O3. The van der Waals surface area contributed by atoms with Crippen molar-refractivity contribution in [3.63, 3.8) is 0 Å². The van der Waals surface area contributed by atoms with Crippen LogP contribution in [0.3, 0.4) is 0 Å². The molecule has 1 heterocycles. The van der Waals surface area contributed by atoms with Gasteiger partial charge in [0.05, 0.1) is 16.9 Å². The molecule has 1 aromatic carbocycles. The molecule has 0 aromatic heterocycles. The maximum Gasteiger partial charge on any atom is 0.335 e. The van der Waals surface area contributed by atoms with Gasteiger partial charge in [-0.15, -0.1) is 0 Å². The van der Waals surface area contributed by atoms with Crippen molar-refractivity contribution >= 4 is 23.3 Å². The highest BCUT2D eigenvalue weighted by Gasteiger charge is 2.23. The van der Waals surface area contributed by atoms with Crippen LogP contribution in [0.1, 0.15) is 17.3 Å². The first-order valence-corrected chi connectivity index (χ1v) is 5.37. The Morgan fingerprint density at radius 1 is 1.24 bits per heavy atom. The fourth-order valence-electron chi connectivity index (χ4n) is 2.01. The highest BCUT2D eigenvalue weighted by atomic mass is 16.4. The summed E-state index contributed by atoms with van der Waals surface area (Å²) in [5.41, 5.74) is 1.76. The fraction of sp³-hybridized carbons (Fsp3) is 0.333. The number of amides is 1. The summed E-state index contributed by atoms with van der Waals surface area (Å²) >= 11 is 0. The predicted molar refractivity (Wildman–Crippen MR) is 64.7 cm³/mol. The second-order valence-electron chi connectivity index (χ2n) is 4.10. The summed E-state index contributed by atoms with van der Waals surface area (Å²) < 4.78 is 0. The third-order valence-electron chi connectivity index (χ3n) is 2.96. The minimum atomic E-state index is -0.982. The number of rotatable bonds is 1. The van der Waals surface area contributed by atoms with Crippen LogP contribution in [0.5, 0.6) is 0 Å². The van der Waals surface area contributed by atoms with Crippen LogP contribution in [0.25, 0.3) is 0 Å². The highest BCUT2D eigenvalue weighted by molar-refractivity contribution is 5.99. The molecule has 5 heteroatoms. The highest BCUT2D eigenvalue weighted by Crippen LogP contribution is 2.33. The van der Waals surface area contributed by atoms with Gasteiger partial charge in [-0.3, -0.25) is 4.79 Å². The second kappa shape index (κ2) is 4.08. The Labute approximate surface area is 99.3 Å². The molecule has 0 fully saturated rings. The number of hydrogen-bond donors (Lipinski definition) is 1. The number of carboxylic acids is 1. The summed E-state index contributed by atoms with van der Waals surface area (Å²) in [7, 11) is 1.93. The Bertz CT molecular complexity index is 485. The van der Waals surface area contributed by atoms with E-state index in [0.29, 0.717) is 12.2 Å². The zero-order valence-corrected chi connectivity index (χ0v) is 9.80. The quantitative estimate of drug-likeness (QED) is 0.792. The Morgan fingerprint density at radius 2 is 1.94 bits per heavy atom. The summed E-state index contributed by atoms with van der Waals surface area (Å²) in [5, 5.41) is 8.96. The number of anilines is 2. The Balaban J connectivity index is 2.53. The van der Waals surface area contributed by atoms with Gasteiger partial charge in [-0.05, 0) is 18.2 Å². The third kappa shape index (κ3) is 1.95. The summed E-state index contributed by atoms with van der Waals surface area (Å²) in [6.07, 6.45) is 0. The van der Waals surface area contributed by atoms with Gasteiger partial charge in [-0.2, -0.15) is 0 Å². The van der Waals surface area contributed by atoms with E-state index in [1.807, 2.05) is 11.9 Å². The van der Waals surface area contributed by atoms with Gasteiger partial charge < -0.3 is 14.9 Å². The molecule has 0 spiro atoms. The number of aromatic carboxylic acids is 1. The van der Waals surface area contributed by atoms with E-state index in [9.17, 15) is 9.59 Å². The van der Waals surface area contributed by atoms with Crippen LogP contribution in [0, 0.1) is 0 Å². The zero-order valence-electron chi connectivity index (χ0n) is 9.80. The minimum absolute atomic E-state index is 0.0677. The maximum atomic E-state index is 11.5. The lowest BCUT2D eigenvalue weighted by molar-refractivity contribution is -0.116. The van der Waals surface area contributed by atoms with Crippen LogP contribution in [-0.2, 0) is 4.79 Å². The van der Waals surface area contributed by atoms with Crippen LogP contribution < -0.4 is 9.80 Å². The standard InChI is InChI=1S/C12H14N2O3/c1-8(15)14-6-5-13(2)10-4-3-9(12(16)17)7-11(10)14/h3-4,7H,5-6H2,1-2H3,(H,16,17). The predicted octanol–water partition coefficient (Wildman–Crippen LogP) is 1.19. The average molecular weight is 234 g/mol. The monoisotopic (exact) mass is 234 g/mol. The van der Waals surface area contributed by atoms with Gasteiger partial charge in [-0.25, -0.2) is 4.79 Å². The Hall–Kier alpha value is -2.04. The number of carbonyl (C=O) groups excluding carboxylic acids is 1. The summed E-state index contributed by atoms with van der Waals surface area (Å²) in [5.74, 6) is -1.05. The van der Waals surface area contributed by atoms with Gasteiger partial charge in [0.25, 0.3) is 0 Å². The molecule has 1 aromatic rings. The Morgan fingerprint density at radius 3 is 2.53 bits per heavy atom. The Kier molecular flexibility index (Phi) is 2.75. The van der Waals surface area contributed by atoms with Crippen LogP contribution in [0.2, 0.25) is 0 Å². The summed E-state index contributed by atoms with van der Waals surface area (Å²) in [4.78, 5) is 26.1. The molecule has 5 nitrogen and oxygen atoms in total. The maximum absolute atomic E-state index is 11.5. The van der Waals surface area contributed by atoms with Crippen molar-refractivity contribution in [2.45, 2.75) is 6.92 Å². The van der Waals surface area contributed by atoms with E-state index >= 15 is 0 Å². The van der Waals surface area contributed by atoms with Crippen molar-refractivity contribution in [3.05, 3.63) is 23.8 Å². The third-order valence-corrected chi connectivity index (χ3v) is 2.96. The molecule has 0 aliphatic carbocycles. The van der Waals surface area contributed by atoms with Crippen molar-refractivity contribution in [3.8, 4) is 0 Å². The molecule has 17 heavy (non-hydrogen) atoms. The first kappa shape index (κ1) is 11.4. The largest absolute Gasteiger partial charge is 0.478 e. The van der Waals surface area contributed by atoms with Crippen molar-refractivity contribution in [1.82, 2.24) is 0 Å². The van der Waals surface area contributed by atoms with Gasteiger partial charge in [0, 0.05) is 27.1 Å². The van der Waals surface area contributed by atoms with E-state index in [-0.39, 0.29) is 11.5 Å². The lowest BCUT2D eigenvalue weighted by Crippen LogP contribution is -2.41. The first-order valence-electron chi connectivity index (χ1n) is 5.37. The molecule has 1 amide bonds. The second-order valence-corrected chi connectivity index (χ2v) is 4.10. The molecule has 0 radical (unpaired) electrons. The van der Waals surface area contributed by atoms with E-state index in [2.05, 4.69) is 0 Å². The zero-order chi connectivity index (χ0) is 12.6. The SMILES string of the molecule is CC(=O)N1CCN(C)c2ccc(C(=O)O)cc21. The summed E-state index contributed by atoms with van der Waals surface area (Å²) in [6, 6.07) is 4.85. The van der Waals surface area contributed by atoms with Gasteiger partial charge in [0.1, 0.15) is 0 Å². The summed E-state index contributed by atoms with van der Waals surface area (Å²) in [6.45, 7) is 2.82. The van der Waals surface area contributed by atoms with Gasteiger partial charge >= 0.3 is 5.97 Å². The first-order chi connectivity index (χ1) is 8.00. The van der Waals surface area contributed by atoms with Crippen molar-refractivity contribution in [2.24, 2.45) is 0 Å². The van der Waals surface area contributed by atoms with Crippen LogP contribution in [-0.4, -0.2) is 37.1 Å². The molecule has 0 unspecified atom stereocenters. The lowest BCUT2D eigenvalue weighted by Gasteiger charge is -2.35. The van der Waals surface area contributed by atoms with Gasteiger partial charge in [0.15, 0.2) is 0 Å². The average Bonchev–Trinajstić information content (AvgIpc) is 2.28. The molecule has 0 bridgehead atoms. The normalized spacial score (nSPS) is 14.5. The van der Waals surface area contributed by atoms with Crippen molar-refractivity contribution in [1.29, 1.82) is 0 Å². The number of hydrogen-bond acceptors (Lipinski definition) is 3. The number of nitrogens with zero attached hydrogens (tertiary/aromatic N) is 2. The van der Waals surface area contributed by atoms with Crippen molar-refractivity contribution < 1.29 is 14.7 Å². The van der Waals surface area contributed by atoms with E-state index < -0.39 is 5.97 Å². The van der Waals surface area contributed by atoms with Gasteiger partial charge in [-0.1, -0.05) is 0 Å². The van der Waals surface area contributed by atoms with Gasteiger partial charge in [0.2, 0.25) is 5.91 Å². The number of benzene rings is 1. The topological polar surface area (TPSA) is 60.9 Å². The van der Waals surface area contributed by atoms with E-state index in [1.165, 1.54) is 6.92 Å². The molecule has 1 aliphatic heterocycles. The molecule has 1 N–H and O–H groups in total. The molecule has 0 saturated carbocycles. The molecule has 0 saturated heterocycles. The van der Waals surface area contributed by atoms with Crippen LogP contribution in [0.4, 0.5) is 11.4 Å². The van der Waals surface area contributed by atoms with E-state index in [1.54, 1.807) is 23.1 Å².